The maximum absolute atomic E-state index is 5.37. The van der Waals surface area contributed by atoms with Crippen LogP contribution in [0.1, 0.15) is 6.42 Å². The van der Waals surface area contributed by atoms with Gasteiger partial charge in [0.25, 0.3) is 0 Å². The van der Waals surface area contributed by atoms with Gasteiger partial charge in [0.1, 0.15) is 5.75 Å². The summed E-state index contributed by atoms with van der Waals surface area (Å²) in [7, 11) is 8.02. The lowest BCUT2D eigenvalue weighted by atomic mass is 10.2. The van der Waals surface area contributed by atoms with E-state index in [1.54, 1.807) is 7.11 Å². The highest BCUT2D eigenvalue weighted by atomic mass is 16.5. The average Bonchev–Trinajstić information content (AvgIpc) is 2.42. The Morgan fingerprint density at radius 3 is 2.47 bits per heavy atom. The monoisotopic (exact) mass is 265 g/mol. The summed E-state index contributed by atoms with van der Waals surface area (Å²) in [6, 6.07) is 8.12. The molecule has 1 N–H and O–H groups in total. The molecule has 108 valence electrons. The average molecular weight is 265 g/mol. The van der Waals surface area contributed by atoms with Gasteiger partial charge < -0.3 is 19.9 Å². The minimum absolute atomic E-state index is 0.928. The lowest BCUT2D eigenvalue weighted by Gasteiger charge is -2.21. The van der Waals surface area contributed by atoms with Crippen molar-refractivity contribution in [1.29, 1.82) is 0 Å². The Labute approximate surface area is 117 Å². The fourth-order valence-corrected chi connectivity index (χ4v) is 1.96. The van der Waals surface area contributed by atoms with Gasteiger partial charge in [-0.1, -0.05) is 12.1 Å². The van der Waals surface area contributed by atoms with Crippen molar-refractivity contribution in [3.8, 4) is 5.75 Å². The molecule has 0 spiro atoms. The van der Waals surface area contributed by atoms with E-state index < -0.39 is 0 Å². The third-order valence-electron chi connectivity index (χ3n) is 3.08. The Hall–Kier alpha value is -1.26. The van der Waals surface area contributed by atoms with E-state index in [9.17, 15) is 0 Å². The van der Waals surface area contributed by atoms with E-state index in [0.29, 0.717) is 0 Å². The zero-order valence-corrected chi connectivity index (χ0v) is 12.6. The fraction of sp³-hybridized carbons (Fsp3) is 0.600. The summed E-state index contributed by atoms with van der Waals surface area (Å²) in [5.74, 6) is 0.928. The number of nitrogens with zero attached hydrogens (tertiary/aromatic N) is 2. The molecule has 0 aliphatic rings. The number of hydrogen-bond acceptors (Lipinski definition) is 4. The van der Waals surface area contributed by atoms with Crippen LogP contribution < -0.4 is 15.0 Å². The predicted octanol–water partition coefficient (Wildman–Crippen LogP) is 1.67. The first-order valence-electron chi connectivity index (χ1n) is 6.84. The number of nitrogens with one attached hydrogen (secondary N) is 1. The second kappa shape index (κ2) is 8.77. The van der Waals surface area contributed by atoms with Crippen LogP contribution in [0, 0.1) is 0 Å². The third kappa shape index (κ3) is 5.94. The summed E-state index contributed by atoms with van der Waals surface area (Å²) in [5.41, 5.74) is 1.14. The molecule has 1 rings (SSSR count). The zero-order valence-electron chi connectivity index (χ0n) is 12.6. The third-order valence-corrected chi connectivity index (χ3v) is 3.08. The Morgan fingerprint density at radius 1 is 1.05 bits per heavy atom. The van der Waals surface area contributed by atoms with E-state index >= 15 is 0 Å². The highest BCUT2D eigenvalue weighted by molar-refractivity contribution is 5.57. The minimum atomic E-state index is 0.928. The molecule has 0 radical (unpaired) electrons. The topological polar surface area (TPSA) is 27.7 Å². The molecule has 0 aliphatic heterocycles. The first-order chi connectivity index (χ1) is 9.15. The normalized spacial score (nSPS) is 10.8. The Morgan fingerprint density at radius 2 is 1.79 bits per heavy atom. The Balaban J connectivity index is 2.25. The molecule has 1 aromatic rings. The van der Waals surface area contributed by atoms with E-state index in [0.717, 1.165) is 37.6 Å². The highest BCUT2D eigenvalue weighted by Crippen LogP contribution is 2.25. The van der Waals surface area contributed by atoms with E-state index in [-0.39, 0.29) is 0 Å². The molecule has 0 aromatic heterocycles. The lowest BCUT2D eigenvalue weighted by molar-refractivity contribution is 0.395. The first kappa shape index (κ1) is 15.8. The van der Waals surface area contributed by atoms with Crippen LogP contribution >= 0.6 is 0 Å². The molecule has 1 aromatic carbocycles. The second-order valence-corrected chi connectivity index (χ2v) is 5.00. The highest BCUT2D eigenvalue weighted by Gasteiger charge is 2.06. The minimum Gasteiger partial charge on any atom is -0.495 e. The largest absolute Gasteiger partial charge is 0.495 e. The second-order valence-electron chi connectivity index (χ2n) is 5.00. The standard InChI is InChI=1S/C15H27N3O/c1-17(2)12-7-10-16-11-13-18(3)14-8-5-6-9-15(14)19-4/h5-6,8-9,16H,7,10-13H2,1-4H3. The summed E-state index contributed by atoms with van der Waals surface area (Å²) in [4.78, 5) is 4.43. The van der Waals surface area contributed by atoms with Gasteiger partial charge in [-0.2, -0.15) is 0 Å². The van der Waals surface area contributed by atoms with Crippen molar-refractivity contribution in [1.82, 2.24) is 10.2 Å². The van der Waals surface area contributed by atoms with Gasteiger partial charge in [0.15, 0.2) is 0 Å². The van der Waals surface area contributed by atoms with Gasteiger partial charge in [-0.15, -0.1) is 0 Å². The summed E-state index contributed by atoms with van der Waals surface area (Å²) < 4.78 is 5.37. The van der Waals surface area contributed by atoms with Crippen molar-refractivity contribution in [3.05, 3.63) is 24.3 Å². The van der Waals surface area contributed by atoms with Gasteiger partial charge in [-0.25, -0.2) is 0 Å². The molecule has 0 amide bonds. The van der Waals surface area contributed by atoms with Gasteiger partial charge in [-0.05, 0) is 45.7 Å². The van der Waals surface area contributed by atoms with Crippen LogP contribution in [-0.4, -0.2) is 59.3 Å². The summed E-state index contributed by atoms with van der Waals surface area (Å²) in [6.07, 6.45) is 1.19. The maximum Gasteiger partial charge on any atom is 0.142 e. The van der Waals surface area contributed by atoms with E-state index in [1.165, 1.54) is 6.42 Å². The summed E-state index contributed by atoms with van der Waals surface area (Å²) >= 11 is 0. The van der Waals surface area contributed by atoms with Gasteiger partial charge in [-0.3, -0.25) is 0 Å². The number of methoxy groups -OCH3 is 1. The van der Waals surface area contributed by atoms with Crippen molar-refractivity contribution >= 4 is 5.69 Å². The van der Waals surface area contributed by atoms with Crippen LogP contribution in [0.5, 0.6) is 5.75 Å². The lowest BCUT2D eigenvalue weighted by Crippen LogP contribution is -2.30. The van der Waals surface area contributed by atoms with Crippen molar-refractivity contribution in [2.45, 2.75) is 6.42 Å². The predicted molar refractivity (Wildman–Crippen MR) is 82.3 cm³/mol. The van der Waals surface area contributed by atoms with E-state index in [1.807, 2.05) is 18.2 Å². The number of hydrogen-bond donors (Lipinski definition) is 1. The van der Waals surface area contributed by atoms with Crippen LogP contribution in [0.25, 0.3) is 0 Å². The number of para-hydroxylation sites is 2. The Bertz CT molecular complexity index is 355. The van der Waals surface area contributed by atoms with Crippen molar-refractivity contribution in [2.75, 3.05) is 59.3 Å². The molecule has 0 heterocycles. The van der Waals surface area contributed by atoms with Crippen LogP contribution in [0.15, 0.2) is 24.3 Å². The van der Waals surface area contributed by atoms with Gasteiger partial charge in [0, 0.05) is 20.1 Å². The van der Waals surface area contributed by atoms with Crippen molar-refractivity contribution in [2.24, 2.45) is 0 Å². The number of likely N-dealkylation sites (N-methyl/N-ethyl adjacent to an activating group) is 1. The van der Waals surface area contributed by atoms with Gasteiger partial charge in [0.05, 0.1) is 12.8 Å². The summed E-state index contributed by atoms with van der Waals surface area (Å²) in [6.45, 7) is 4.16. The molecule has 0 atom stereocenters. The first-order valence-corrected chi connectivity index (χ1v) is 6.84. The Kier molecular flexibility index (Phi) is 7.30. The fourth-order valence-electron chi connectivity index (χ4n) is 1.96. The quantitative estimate of drug-likeness (QED) is 0.688. The number of rotatable bonds is 9. The van der Waals surface area contributed by atoms with Crippen LogP contribution in [0.2, 0.25) is 0 Å². The molecule has 19 heavy (non-hydrogen) atoms. The van der Waals surface area contributed by atoms with Crippen LogP contribution in [0.3, 0.4) is 0 Å². The molecular formula is C15H27N3O. The zero-order chi connectivity index (χ0) is 14.1. The number of benzene rings is 1. The molecular weight excluding hydrogens is 238 g/mol. The molecule has 4 nitrogen and oxygen atoms in total. The molecule has 0 aliphatic carbocycles. The molecule has 0 bridgehead atoms. The molecule has 0 fully saturated rings. The number of anilines is 1. The van der Waals surface area contributed by atoms with Crippen LogP contribution in [0.4, 0.5) is 5.69 Å². The molecule has 0 unspecified atom stereocenters. The van der Waals surface area contributed by atoms with Gasteiger partial charge >= 0.3 is 0 Å². The van der Waals surface area contributed by atoms with Crippen LogP contribution in [-0.2, 0) is 0 Å². The summed E-state index contributed by atoms with van der Waals surface area (Å²) in [5, 5.41) is 3.47. The van der Waals surface area contributed by atoms with E-state index in [4.69, 9.17) is 4.74 Å². The molecule has 4 heteroatoms. The molecule has 0 saturated heterocycles. The van der Waals surface area contributed by atoms with Gasteiger partial charge in [0.2, 0.25) is 0 Å². The molecule has 0 saturated carbocycles. The maximum atomic E-state index is 5.37. The van der Waals surface area contributed by atoms with Crippen molar-refractivity contribution < 1.29 is 4.74 Å². The smallest absolute Gasteiger partial charge is 0.142 e. The SMILES string of the molecule is COc1ccccc1N(C)CCNCCCN(C)C. The van der Waals surface area contributed by atoms with E-state index in [2.05, 4.69) is 42.3 Å². The van der Waals surface area contributed by atoms with Crippen molar-refractivity contribution in [3.63, 3.8) is 0 Å². The number of ether oxygens (including phenoxy) is 1.